The van der Waals surface area contributed by atoms with Crippen LogP contribution in [0, 0.1) is 6.92 Å². The van der Waals surface area contributed by atoms with Gasteiger partial charge in [-0.3, -0.25) is 4.79 Å². The number of pyridine rings is 1. The lowest BCUT2D eigenvalue weighted by atomic mass is 10.2. The molecule has 2 rings (SSSR count). The highest BCUT2D eigenvalue weighted by Crippen LogP contribution is 2.20. The summed E-state index contributed by atoms with van der Waals surface area (Å²) in [6.07, 6.45) is 1.57. The van der Waals surface area contributed by atoms with E-state index in [-0.39, 0.29) is 5.91 Å². The quantitative estimate of drug-likeness (QED) is 0.648. The summed E-state index contributed by atoms with van der Waals surface area (Å²) in [6.45, 7) is 1.89. The second-order valence-electron chi connectivity index (χ2n) is 4.06. The minimum atomic E-state index is -0.280. The Morgan fingerprint density at radius 3 is 2.74 bits per heavy atom. The number of nitrogens with zero attached hydrogens (tertiary/aromatic N) is 1. The van der Waals surface area contributed by atoms with Gasteiger partial charge in [0.05, 0.1) is 11.9 Å². The number of nitrogens with one attached hydrogen (secondary N) is 1. The van der Waals surface area contributed by atoms with Crippen LogP contribution in [0.25, 0.3) is 0 Å². The maximum Gasteiger partial charge on any atom is 0.255 e. The van der Waals surface area contributed by atoms with Crippen molar-refractivity contribution >= 4 is 44.8 Å². The van der Waals surface area contributed by atoms with Gasteiger partial charge in [-0.2, -0.15) is 0 Å². The van der Waals surface area contributed by atoms with E-state index in [1.165, 1.54) is 0 Å². The first-order chi connectivity index (χ1) is 8.95. The zero-order valence-electron chi connectivity index (χ0n) is 10.1. The molecule has 0 fully saturated rings. The Morgan fingerprint density at radius 2 is 2.11 bits per heavy atom. The average Bonchev–Trinajstić information content (AvgIpc) is 2.32. The van der Waals surface area contributed by atoms with Gasteiger partial charge in [-0.05, 0) is 52.7 Å². The molecule has 3 N–H and O–H groups in total. The van der Waals surface area contributed by atoms with E-state index in [4.69, 9.17) is 17.3 Å². The molecule has 1 amide bonds. The van der Waals surface area contributed by atoms with Gasteiger partial charge in [-0.25, -0.2) is 4.98 Å². The third-order valence-electron chi connectivity index (χ3n) is 2.45. The minimum absolute atomic E-state index is 0.280. The molecule has 2 aromatic rings. The van der Waals surface area contributed by atoms with Gasteiger partial charge in [-0.1, -0.05) is 11.6 Å². The van der Waals surface area contributed by atoms with Gasteiger partial charge < -0.3 is 11.1 Å². The van der Waals surface area contributed by atoms with Crippen molar-refractivity contribution < 1.29 is 4.79 Å². The van der Waals surface area contributed by atoms with Gasteiger partial charge in [0.1, 0.15) is 4.60 Å². The van der Waals surface area contributed by atoms with Crippen molar-refractivity contribution in [2.45, 2.75) is 6.92 Å². The minimum Gasteiger partial charge on any atom is -0.399 e. The molecule has 0 radical (unpaired) electrons. The number of aryl methyl sites for hydroxylation is 1. The van der Waals surface area contributed by atoms with Gasteiger partial charge in [0.2, 0.25) is 0 Å². The average molecular weight is 341 g/mol. The van der Waals surface area contributed by atoms with E-state index in [1.807, 2.05) is 13.0 Å². The summed E-state index contributed by atoms with van der Waals surface area (Å²) in [5.74, 6) is -0.280. The first-order valence-corrected chi connectivity index (χ1v) is 6.62. The molecule has 0 saturated heterocycles. The molecule has 0 bridgehead atoms. The van der Waals surface area contributed by atoms with Gasteiger partial charge in [0.25, 0.3) is 5.91 Å². The summed E-state index contributed by atoms with van der Waals surface area (Å²) in [4.78, 5) is 16.2. The Hall–Kier alpha value is -1.59. The smallest absolute Gasteiger partial charge is 0.255 e. The highest BCUT2D eigenvalue weighted by Gasteiger charge is 2.09. The lowest BCUT2D eigenvalue weighted by Gasteiger charge is -2.07. The van der Waals surface area contributed by atoms with Crippen molar-refractivity contribution in [1.29, 1.82) is 0 Å². The second-order valence-corrected chi connectivity index (χ2v) is 5.25. The van der Waals surface area contributed by atoms with E-state index in [0.717, 1.165) is 10.2 Å². The van der Waals surface area contributed by atoms with Gasteiger partial charge in [0, 0.05) is 16.3 Å². The molecule has 0 spiro atoms. The molecule has 0 saturated carbocycles. The molecule has 1 heterocycles. The first-order valence-electron chi connectivity index (χ1n) is 5.45. The fraction of sp³-hybridized carbons (Fsp3) is 0.0769. The van der Waals surface area contributed by atoms with Crippen LogP contribution in [0.4, 0.5) is 11.4 Å². The number of carbonyl (C=O) groups excluding carboxylic acids is 1. The normalized spacial score (nSPS) is 10.3. The Kier molecular flexibility index (Phi) is 4.07. The maximum atomic E-state index is 12.0. The molecule has 0 aliphatic heterocycles. The van der Waals surface area contributed by atoms with Crippen molar-refractivity contribution in [3.8, 4) is 0 Å². The summed E-state index contributed by atoms with van der Waals surface area (Å²) in [5.41, 5.74) is 8.06. The number of hydrogen-bond donors (Lipinski definition) is 2. The van der Waals surface area contributed by atoms with Crippen molar-refractivity contribution in [2.24, 2.45) is 0 Å². The number of aromatic nitrogens is 1. The zero-order valence-corrected chi connectivity index (χ0v) is 12.4. The second kappa shape index (κ2) is 5.59. The predicted octanol–water partition coefficient (Wildman–Crippen LogP) is 3.64. The third-order valence-corrected chi connectivity index (χ3v) is 3.50. The summed E-state index contributed by atoms with van der Waals surface area (Å²) in [7, 11) is 0. The number of carbonyl (C=O) groups is 1. The molecule has 4 nitrogen and oxygen atoms in total. The van der Waals surface area contributed by atoms with Crippen LogP contribution in [-0.4, -0.2) is 10.9 Å². The van der Waals surface area contributed by atoms with Crippen LogP contribution >= 0.6 is 27.5 Å². The SMILES string of the molecule is Cc1cc(NC(=O)c2cc(N)cc(Cl)c2)cnc1Br. The Labute approximate surface area is 124 Å². The monoisotopic (exact) mass is 339 g/mol. The summed E-state index contributed by atoms with van der Waals surface area (Å²) in [6, 6.07) is 6.54. The standard InChI is InChI=1S/C13H11BrClN3O/c1-7-2-11(6-17-12(7)14)18-13(19)8-3-9(15)5-10(16)4-8/h2-6H,16H2,1H3,(H,18,19). The van der Waals surface area contributed by atoms with Crippen molar-refractivity contribution in [3.63, 3.8) is 0 Å². The summed E-state index contributed by atoms with van der Waals surface area (Å²) in [5, 5.41) is 3.17. The van der Waals surface area contributed by atoms with E-state index in [2.05, 4.69) is 26.2 Å². The van der Waals surface area contributed by atoms with Crippen molar-refractivity contribution in [2.75, 3.05) is 11.1 Å². The van der Waals surface area contributed by atoms with Crippen LogP contribution in [0.2, 0.25) is 5.02 Å². The van der Waals surface area contributed by atoms with Crippen LogP contribution in [0.1, 0.15) is 15.9 Å². The number of benzene rings is 1. The Bertz CT molecular complexity index is 626. The number of hydrogen-bond acceptors (Lipinski definition) is 3. The van der Waals surface area contributed by atoms with Crippen LogP contribution in [0.5, 0.6) is 0 Å². The molecule has 1 aromatic carbocycles. The number of nitrogen functional groups attached to an aromatic ring is 1. The maximum absolute atomic E-state index is 12.0. The van der Waals surface area contributed by atoms with Gasteiger partial charge in [-0.15, -0.1) is 0 Å². The van der Waals surface area contributed by atoms with E-state index in [9.17, 15) is 4.79 Å². The molecule has 1 aromatic heterocycles. The molecule has 0 atom stereocenters. The highest BCUT2D eigenvalue weighted by atomic mass is 79.9. The Balaban J connectivity index is 2.22. The van der Waals surface area contributed by atoms with Crippen molar-refractivity contribution in [1.82, 2.24) is 4.98 Å². The molecule has 0 aliphatic rings. The van der Waals surface area contributed by atoms with Gasteiger partial charge >= 0.3 is 0 Å². The van der Waals surface area contributed by atoms with Crippen LogP contribution in [-0.2, 0) is 0 Å². The lowest BCUT2D eigenvalue weighted by molar-refractivity contribution is 0.102. The molecule has 6 heteroatoms. The number of anilines is 2. The lowest BCUT2D eigenvalue weighted by Crippen LogP contribution is -2.12. The topological polar surface area (TPSA) is 68.0 Å². The largest absolute Gasteiger partial charge is 0.399 e. The molecule has 0 aliphatic carbocycles. The summed E-state index contributed by atoms with van der Waals surface area (Å²) < 4.78 is 0.748. The van der Waals surface area contributed by atoms with E-state index in [0.29, 0.717) is 22.0 Å². The highest BCUT2D eigenvalue weighted by molar-refractivity contribution is 9.10. The summed E-state index contributed by atoms with van der Waals surface area (Å²) >= 11 is 9.17. The van der Waals surface area contributed by atoms with E-state index >= 15 is 0 Å². The van der Waals surface area contributed by atoms with E-state index < -0.39 is 0 Å². The number of halogens is 2. The molecule has 19 heavy (non-hydrogen) atoms. The van der Waals surface area contributed by atoms with Crippen LogP contribution in [0.15, 0.2) is 35.1 Å². The zero-order chi connectivity index (χ0) is 14.0. The molecule has 0 unspecified atom stereocenters. The first kappa shape index (κ1) is 13.8. The fourth-order valence-electron chi connectivity index (χ4n) is 1.57. The van der Waals surface area contributed by atoms with E-state index in [1.54, 1.807) is 24.4 Å². The van der Waals surface area contributed by atoms with Crippen LogP contribution < -0.4 is 11.1 Å². The number of nitrogens with two attached hydrogens (primary N) is 1. The number of rotatable bonds is 2. The molecule has 98 valence electrons. The molecular weight excluding hydrogens is 330 g/mol. The molecular formula is C13H11BrClN3O. The van der Waals surface area contributed by atoms with Crippen LogP contribution in [0.3, 0.4) is 0 Å². The number of amides is 1. The fourth-order valence-corrected chi connectivity index (χ4v) is 2.03. The van der Waals surface area contributed by atoms with Crippen molar-refractivity contribution in [3.05, 3.63) is 51.2 Å². The third kappa shape index (κ3) is 3.45. The Morgan fingerprint density at radius 1 is 1.37 bits per heavy atom. The van der Waals surface area contributed by atoms with Gasteiger partial charge in [0.15, 0.2) is 0 Å². The predicted molar refractivity (Wildman–Crippen MR) is 80.5 cm³/mol.